The second-order valence-electron chi connectivity index (χ2n) is 3.23. The Morgan fingerprint density at radius 2 is 2.00 bits per heavy atom. The number of rotatable bonds is 0. The zero-order valence-electron chi connectivity index (χ0n) is 7.55. The number of hydrogen-bond acceptors (Lipinski definition) is 1. The maximum absolute atomic E-state index is 12.6. The highest BCUT2D eigenvalue weighted by molar-refractivity contribution is 6.15. The summed E-state index contributed by atoms with van der Waals surface area (Å²) < 4.78 is 37.7. The molecular weight excluding hydrogens is 205 g/mol. The third kappa shape index (κ3) is 1.77. The van der Waals surface area contributed by atoms with Crippen LogP contribution in [0, 0.1) is 11.3 Å². The molecule has 2 rings (SSSR count). The number of halogens is 3. The lowest BCUT2D eigenvalue weighted by Crippen LogP contribution is -2.28. The summed E-state index contributed by atoms with van der Waals surface area (Å²) in [5, 5.41) is 7.21. The molecule has 15 heavy (non-hydrogen) atoms. The molecule has 1 aliphatic carbocycles. The number of amidine groups is 1. The first-order chi connectivity index (χ1) is 6.98. The largest absolute Gasteiger partial charge is 0.418 e. The molecule has 5 heteroatoms. The van der Waals surface area contributed by atoms with E-state index >= 15 is 0 Å². The van der Waals surface area contributed by atoms with Crippen molar-refractivity contribution in [2.45, 2.75) is 6.18 Å². The van der Waals surface area contributed by atoms with Gasteiger partial charge in [-0.25, -0.2) is 4.99 Å². The van der Waals surface area contributed by atoms with Crippen molar-refractivity contribution in [1.82, 2.24) is 0 Å². The van der Waals surface area contributed by atoms with Crippen LogP contribution in [-0.4, -0.2) is 17.7 Å². The summed E-state index contributed by atoms with van der Waals surface area (Å²) >= 11 is 0. The quantitative estimate of drug-likeness (QED) is 0.640. The Balaban J connectivity index is 2.45. The molecule has 0 fully saturated rings. The average molecular weight is 212 g/mol. The number of alkyl halides is 3. The Labute approximate surface area is 84.0 Å². The minimum Gasteiger partial charge on any atom is -0.283 e. The fraction of sp³-hybridized carbons (Fsp3) is 0.200. The Bertz CT molecular complexity index is 424. The van der Waals surface area contributed by atoms with Crippen LogP contribution in [-0.2, 0) is 0 Å². The van der Waals surface area contributed by atoms with Crippen LogP contribution in [0.3, 0.4) is 0 Å². The molecule has 0 radical (unpaired) electrons. The van der Waals surface area contributed by atoms with Gasteiger partial charge in [-0.15, -0.1) is 0 Å². The topological polar surface area (TPSA) is 36.2 Å². The molecule has 1 heterocycles. The normalized spacial score (nSPS) is 24.7. The lowest BCUT2D eigenvalue weighted by Gasteiger charge is -2.22. The maximum Gasteiger partial charge on any atom is 0.418 e. The highest BCUT2D eigenvalue weighted by Crippen LogP contribution is 2.33. The summed E-state index contributed by atoms with van der Waals surface area (Å²) in [5.41, 5.74) is -0.846. The smallest absolute Gasteiger partial charge is 0.283 e. The summed E-state index contributed by atoms with van der Waals surface area (Å²) in [5.74, 6) is -0.604. The number of hydrogen-bond donors (Lipinski definition) is 1. The number of nitrogens with zero attached hydrogens (tertiary/aromatic N) is 1. The van der Waals surface area contributed by atoms with Crippen LogP contribution in [0.15, 0.2) is 40.9 Å². The molecule has 0 saturated carbocycles. The van der Waals surface area contributed by atoms with Crippen molar-refractivity contribution in [3.05, 3.63) is 36.0 Å². The molecule has 0 aromatic carbocycles. The minimum absolute atomic E-state index is 0.0856. The monoisotopic (exact) mass is 212 g/mol. The number of fused-ring (bicyclic) bond motifs is 1. The predicted molar refractivity (Wildman–Crippen MR) is 51.1 cm³/mol. The van der Waals surface area contributed by atoms with Crippen LogP contribution in [0.5, 0.6) is 0 Å². The van der Waals surface area contributed by atoms with Gasteiger partial charge in [0, 0.05) is 5.92 Å². The van der Waals surface area contributed by atoms with Gasteiger partial charge >= 0.3 is 6.18 Å². The van der Waals surface area contributed by atoms with Gasteiger partial charge in [0.25, 0.3) is 0 Å². The zero-order valence-corrected chi connectivity index (χ0v) is 7.55. The van der Waals surface area contributed by atoms with Crippen LogP contribution in [0.25, 0.3) is 0 Å². The van der Waals surface area contributed by atoms with Crippen molar-refractivity contribution < 1.29 is 13.2 Å². The van der Waals surface area contributed by atoms with E-state index in [9.17, 15) is 13.2 Å². The summed E-state index contributed by atoms with van der Waals surface area (Å²) in [6.07, 6.45) is 2.51. The Hall–Kier alpha value is -1.65. The van der Waals surface area contributed by atoms with Crippen LogP contribution in [0.2, 0.25) is 0 Å². The molecule has 1 atom stereocenters. The fourth-order valence-corrected chi connectivity index (χ4v) is 1.52. The molecule has 1 aliphatic heterocycles. The Morgan fingerprint density at radius 3 is 2.67 bits per heavy atom. The van der Waals surface area contributed by atoms with E-state index in [0.717, 1.165) is 6.08 Å². The lowest BCUT2D eigenvalue weighted by molar-refractivity contribution is -0.0863. The van der Waals surface area contributed by atoms with Crippen molar-refractivity contribution >= 4 is 11.5 Å². The number of dihydropyridines is 1. The van der Waals surface area contributed by atoms with Gasteiger partial charge < -0.3 is 0 Å². The van der Waals surface area contributed by atoms with E-state index in [4.69, 9.17) is 5.41 Å². The second kappa shape index (κ2) is 3.18. The van der Waals surface area contributed by atoms with Crippen molar-refractivity contribution in [2.75, 3.05) is 0 Å². The molecule has 0 saturated heterocycles. The molecule has 0 spiro atoms. The van der Waals surface area contributed by atoms with Gasteiger partial charge in [0.2, 0.25) is 0 Å². The molecule has 2 nitrogen and oxygen atoms in total. The van der Waals surface area contributed by atoms with Crippen molar-refractivity contribution in [1.29, 1.82) is 5.41 Å². The van der Waals surface area contributed by atoms with Crippen LogP contribution < -0.4 is 0 Å². The summed E-state index contributed by atoms with van der Waals surface area (Å²) in [7, 11) is 0. The maximum atomic E-state index is 12.6. The third-order valence-corrected chi connectivity index (χ3v) is 2.18. The average Bonchev–Trinajstić information content (AvgIpc) is 2.15. The van der Waals surface area contributed by atoms with Crippen molar-refractivity contribution in [3.8, 4) is 0 Å². The first-order valence-electron chi connectivity index (χ1n) is 4.30. The molecule has 1 unspecified atom stereocenters. The molecule has 0 aromatic rings. The zero-order chi connectivity index (χ0) is 11.1. The van der Waals surface area contributed by atoms with Gasteiger partial charge in [0.05, 0.1) is 11.3 Å². The third-order valence-electron chi connectivity index (χ3n) is 2.18. The predicted octanol–water partition coefficient (Wildman–Crippen LogP) is 2.65. The lowest BCUT2D eigenvalue weighted by atomic mass is 9.89. The van der Waals surface area contributed by atoms with Crippen LogP contribution >= 0.6 is 0 Å². The second-order valence-corrected chi connectivity index (χ2v) is 3.23. The van der Waals surface area contributed by atoms with E-state index in [1.165, 1.54) is 12.2 Å². The van der Waals surface area contributed by atoms with E-state index in [1.54, 1.807) is 12.2 Å². The van der Waals surface area contributed by atoms with Gasteiger partial charge in [0.1, 0.15) is 5.84 Å². The molecule has 0 bridgehead atoms. The Kier molecular flexibility index (Phi) is 2.10. The summed E-state index contributed by atoms with van der Waals surface area (Å²) in [6.45, 7) is 0. The van der Waals surface area contributed by atoms with E-state index in [0.29, 0.717) is 0 Å². The van der Waals surface area contributed by atoms with Gasteiger partial charge in [-0.3, -0.25) is 5.41 Å². The SMILES string of the molecule is N=C1C=CC2C=CC=C(C(F)(F)F)C2=N1. The number of nitrogens with one attached hydrogen (secondary N) is 1. The highest BCUT2D eigenvalue weighted by atomic mass is 19.4. The van der Waals surface area contributed by atoms with Crippen LogP contribution in [0.1, 0.15) is 0 Å². The molecule has 78 valence electrons. The highest BCUT2D eigenvalue weighted by Gasteiger charge is 2.39. The van der Waals surface area contributed by atoms with E-state index in [-0.39, 0.29) is 11.5 Å². The molecule has 0 amide bonds. The first kappa shape index (κ1) is 9.89. The first-order valence-corrected chi connectivity index (χ1v) is 4.30. The van der Waals surface area contributed by atoms with Gasteiger partial charge in [-0.05, 0) is 12.2 Å². The molecule has 0 aromatic heterocycles. The van der Waals surface area contributed by atoms with Gasteiger partial charge in [-0.1, -0.05) is 18.2 Å². The molecular formula is C10H7F3N2. The number of aliphatic imine (C=N–C) groups is 1. The van der Waals surface area contributed by atoms with Gasteiger partial charge in [-0.2, -0.15) is 13.2 Å². The fourth-order valence-electron chi connectivity index (χ4n) is 1.52. The molecule has 1 N–H and O–H groups in total. The standard InChI is InChI=1S/C10H7F3N2/c11-10(12,13)7-3-1-2-6-4-5-8(14)15-9(6)7/h1-6,14H. The van der Waals surface area contributed by atoms with E-state index in [1.807, 2.05) is 0 Å². The van der Waals surface area contributed by atoms with E-state index in [2.05, 4.69) is 4.99 Å². The van der Waals surface area contributed by atoms with E-state index < -0.39 is 17.7 Å². The van der Waals surface area contributed by atoms with Crippen molar-refractivity contribution in [2.24, 2.45) is 10.9 Å². The van der Waals surface area contributed by atoms with Gasteiger partial charge in [0.15, 0.2) is 0 Å². The minimum atomic E-state index is -4.41. The summed E-state index contributed by atoms with van der Waals surface area (Å²) in [4.78, 5) is 3.63. The summed E-state index contributed by atoms with van der Waals surface area (Å²) in [6, 6.07) is 0. The van der Waals surface area contributed by atoms with Crippen molar-refractivity contribution in [3.63, 3.8) is 0 Å². The Morgan fingerprint density at radius 1 is 1.27 bits per heavy atom. The molecule has 2 aliphatic rings. The number of allylic oxidation sites excluding steroid dienone is 5. The van der Waals surface area contributed by atoms with Crippen LogP contribution in [0.4, 0.5) is 13.2 Å².